The minimum atomic E-state index is -0.570. The van der Waals surface area contributed by atoms with Gasteiger partial charge in [-0.2, -0.15) is 0 Å². The summed E-state index contributed by atoms with van der Waals surface area (Å²) in [5.74, 6) is 0.804. The molecule has 0 spiro atoms. The zero-order valence-corrected chi connectivity index (χ0v) is 12.2. The normalized spacial score (nSPS) is 36.4. The van der Waals surface area contributed by atoms with Crippen molar-refractivity contribution in [2.45, 2.75) is 64.8 Å². The fourth-order valence-corrected chi connectivity index (χ4v) is 3.42. The fraction of sp³-hybridized carbons (Fsp3) is 0.933. The third-order valence-corrected chi connectivity index (χ3v) is 4.86. The van der Waals surface area contributed by atoms with E-state index in [4.69, 9.17) is 5.73 Å². The molecule has 1 heterocycles. The second-order valence-corrected chi connectivity index (χ2v) is 7.31. The van der Waals surface area contributed by atoms with Crippen LogP contribution in [0.25, 0.3) is 0 Å². The number of rotatable bonds is 1. The van der Waals surface area contributed by atoms with Crippen molar-refractivity contribution in [1.29, 1.82) is 0 Å². The molecule has 0 aromatic rings. The Kier molecular flexibility index (Phi) is 3.72. The summed E-state index contributed by atoms with van der Waals surface area (Å²) in [5.41, 5.74) is 6.22. The molecule has 0 aromatic heterocycles. The van der Waals surface area contributed by atoms with Crippen LogP contribution in [0.1, 0.15) is 59.3 Å². The summed E-state index contributed by atoms with van der Waals surface area (Å²) in [5, 5.41) is 0. The molecule has 0 aromatic carbocycles. The molecule has 2 N–H and O–H groups in total. The van der Waals surface area contributed by atoms with Gasteiger partial charge in [0.25, 0.3) is 0 Å². The maximum Gasteiger partial charge on any atom is 0.242 e. The fourth-order valence-electron chi connectivity index (χ4n) is 3.42. The van der Waals surface area contributed by atoms with Crippen LogP contribution in [-0.4, -0.2) is 29.4 Å². The summed E-state index contributed by atoms with van der Waals surface area (Å²) < 4.78 is 0. The van der Waals surface area contributed by atoms with Crippen LogP contribution in [0.4, 0.5) is 0 Å². The highest BCUT2D eigenvalue weighted by atomic mass is 16.2. The molecular weight excluding hydrogens is 224 g/mol. The van der Waals surface area contributed by atoms with E-state index in [1.807, 2.05) is 4.90 Å². The zero-order chi connectivity index (χ0) is 13.4. The van der Waals surface area contributed by atoms with Crippen LogP contribution in [0.2, 0.25) is 0 Å². The predicted octanol–water partition coefficient (Wildman–Crippen LogP) is 2.54. The SMILES string of the molecule is CC1CCCC(N)(C(=O)N2CCC(C)(C)CC2)C1. The Bertz CT molecular complexity index is 316. The van der Waals surface area contributed by atoms with Gasteiger partial charge in [0, 0.05) is 13.1 Å². The number of carbonyl (C=O) groups excluding carboxylic acids is 1. The number of piperidine rings is 1. The highest BCUT2D eigenvalue weighted by Crippen LogP contribution is 2.35. The van der Waals surface area contributed by atoms with E-state index in [9.17, 15) is 4.79 Å². The van der Waals surface area contributed by atoms with Gasteiger partial charge in [0.1, 0.15) is 0 Å². The number of hydrogen-bond donors (Lipinski definition) is 1. The van der Waals surface area contributed by atoms with Crippen molar-refractivity contribution >= 4 is 5.91 Å². The number of amides is 1. The standard InChI is InChI=1S/C15H28N2O/c1-12-5-4-6-15(16,11-12)13(18)17-9-7-14(2,3)8-10-17/h12H,4-11,16H2,1-3H3. The number of carbonyl (C=O) groups is 1. The van der Waals surface area contributed by atoms with Crippen LogP contribution in [0.3, 0.4) is 0 Å². The quantitative estimate of drug-likeness (QED) is 0.779. The molecule has 1 saturated heterocycles. The molecule has 1 saturated carbocycles. The molecule has 104 valence electrons. The zero-order valence-electron chi connectivity index (χ0n) is 12.2. The van der Waals surface area contributed by atoms with E-state index < -0.39 is 5.54 Å². The van der Waals surface area contributed by atoms with Gasteiger partial charge < -0.3 is 10.6 Å². The van der Waals surface area contributed by atoms with Crippen molar-refractivity contribution in [1.82, 2.24) is 4.90 Å². The van der Waals surface area contributed by atoms with Crippen LogP contribution in [0.5, 0.6) is 0 Å². The van der Waals surface area contributed by atoms with Crippen LogP contribution < -0.4 is 5.73 Å². The number of nitrogens with two attached hydrogens (primary N) is 1. The van der Waals surface area contributed by atoms with Crippen LogP contribution in [-0.2, 0) is 4.79 Å². The summed E-state index contributed by atoms with van der Waals surface area (Å²) in [4.78, 5) is 14.6. The van der Waals surface area contributed by atoms with E-state index in [-0.39, 0.29) is 5.91 Å². The summed E-state index contributed by atoms with van der Waals surface area (Å²) in [6.45, 7) is 8.57. The topological polar surface area (TPSA) is 46.3 Å². The van der Waals surface area contributed by atoms with Crippen molar-refractivity contribution in [2.75, 3.05) is 13.1 Å². The minimum Gasteiger partial charge on any atom is -0.341 e. The molecule has 3 nitrogen and oxygen atoms in total. The molecule has 2 rings (SSSR count). The molecule has 3 heteroatoms. The summed E-state index contributed by atoms with van der Waals surface area (Å²) in [7, 11) is 0. The molecule has 1 amide bonds. The Morgan fingerprint density at radius 3 is 2.39 bits per heavy atom. The number of hydrogen-bond acceptors (Lipinski definition) is 2. The highest BCUT2D eigenvalue weighted by molar-refractivity contribution is 5.86. The molecule has 2 fully saturated rings. The Balaban J connectivity index is 1.99. The summed E-state index contributed by atoms with van der Waals surface area (Å²) in [6.07, 6.45) is 6.26. The molecule has 2 aliphatic rings. The van der Waals surface area contributed by atoms with Gasteiger partial charge in [-0.1, -0.05) is 33.6 Å². The molecule has 18 heavy (non-hydrogen) atoms. The second-order valence-electron chi connectivity index (χ2n) is 7.31. The average Bonchev–Trinajstić information content (AvgIpc) is 2.28. The first kappa shape index (κ1) is 13.9. The summed E-state index contributed by atoms with van der Waals surface area (Å²) in [6, 6.07) is 0. The Hall–Kier alpha value is -0.570. The first-order valence-electron chi connectivity index (χ1n) is 7.41. The van der Waals surface area contributed by atoms with Crippen LogP contribution in [0, 0.1) is 11.3 Å². The van der Waals surface area contributed by atoms with Gasteiger partial charge >= 0.3 is 0 Å². The van der Waals surface area contributed by atoms with Gasteiger partial charge in [0.2, 0.25) is 5.91 Å². The van der Waals surface area contributed by atoms with Crippen molar-refractivity contribution in [3.63, 3.8) is 0 Å². The minimum absolute atomic E-state index is 0.213. The smallest absolute Gasteiger partial charge is 0.242 e. The number of nitrogens with zero attached hydrogens (tertiary/aromatic N) is 1. The van der Waals surface area contributed by atoms with Gasteiger partial charge in [0.15, 0.2) is 0 Å². The monoisotopic (exact) mass is 252 g/mol. The molecule has 1 aliphatic carbocycles. The molecular formula is C15H28N2O. The molecule has 1 aliphatic heterocycles. The Morgan fingerprint density at radius 1 is 1.22 bits per heavy atom. The maximum absolute atomic E-state index is 12.6. The molecule has 2 atom stereocenters. The second kappa shape index (κ2) is 4.84. The van der Waals surface area contributed by atoms with Gasteiger partial charge in [-0.05, 0) is 37.0 Å². The molecule has 0 bridgehead atoms. The Labute approximate surface area is 111 Å². The van der Waals surface area contributed by atoms with Crippen molar-refractivity contribution in [3.8, 4) is 0 Å². The van der Waals surface area contributed by atoms with Gasteiger partial charge in [-0.3, -0.25) is 4.79 Å². The predicted molar refractivity (Wildman–Crippen MR) is 74.1 cm³/mol. The van der Waals surface area contributed by atoms with E-state index in [0.29, 0.717) is 11.3 Å². The largest absolute Gasteiger partial charge is 0.341 e. The van der Waals surface area contributed by atoms with E-state index >= 15 is 0 Å². The lowest BCUT2D eigenvalue weighted by molar-refractivity contribution is -0.141. The molecule has 2 unspecified atom stereocenters. The summed E-state index contributed by atoms with van der Waals surface area (Å²) >= 11 is 0. The van der Waals surface area contributed by atoms with Gasteiger partial charge in [-0.25, -0.2) is 0 Å². The van der Waals surface area contributed by atoms with E-state index in [1.165, 1.54) is 6.42 Å². The Morgan fingerprint density at radius 2 is 1.83 bits per heavy atom. The van der Waals surface area contributed by atoms with Crippen molar-refractivity contribution in [2.24, 2.45) is 17.1 Å². The third kappa shape index (κ3) is 2.87. The average molecular weight is 252 g/mol. The lowest BCUT2D eigenvalue weighted by Crippen LogP contribution is -2.59. The van der Waals surface area contributed by atoms with E-state index in [2.05, 4.69) is 20.8 Å². The lowest BCUT2D eigenvalue weighted by Gasteiger charge is -2.43. The lowest BCUT2D eigenvalue weighted by atomic mass is 9.75. The third-order valence-electron chi connectivity index (χ3n) is 4.86. The van der Waals surface area contributed by atoms with Crippen molar-refractivity contribution in [3.05, 3.63) is 0 Å². The van der Waals surface area contributed by atoms with E-state index in [1.54, 1.807) is 0 Å². The van der Waals surface area contributed by atoms with Crippen LogP contribution >= 0.6 is 0 Å². The first-order chi connectivity index (χ1) is 8.32. The van der Waals surface area contributed by atoms with E-state index in [0.717, 1.165) is 45.2 Å². The first-order valence-corrected chi connectivity index (χ1v) is 7.41. The number of likely N-dealkylation sites (tertiary alicyclic amines) is 1. The highest BCUT2D eigenvalue weighted by Gasteiger charge is 2.41. The van der Waals surface area contributed by atoms with Crippen LogP contribution in [0.15, 0.2) is 0 Å². The molecule has 0 radical (unpaired) electrons. The maximum atomic E-state index is 12.6. The van der Waals surface area contributed by atoms with Gasteiger partial charge in [0.05, 0.1) is 5.54 Å². The van der Waals surface area contributed by atoms with Gasteiger partial charge in [-0.15, -0.1) is 0 Å². The van der Waals surface area contributed by atoms with Crippen molar-refractivity contribution < 1.29 is 4.79 Å².